The van der Waals surface area contributed by atoms with Gasteiger partial charge in [0.2, 0.25) is 0 Å². The number of ether oxygens (including phenoxy) is 5. The average Bonchev–Trinajstić information content (AvgIpc) is 2.66. The third kappa shape index (κ3) is 16.5. The molecule has 0 aliphatic heterocycles. The first-order valence-electron chi connectivity index (χ1n) is 10.1. The van der Waals surface area contributed by atoms with Crippen LogP contribution in [0.3, 0.4) is 0 Å². The van der Waals surface area contributed by atoms with Crippen molar-refractivity contribution in [3.8, 4) is 0 Å². The van der Waals surface area contributed by atoms with Crippen LogP contribution in [0.1, 0.15) is 20.8 Å². The Morgan fingerprint density at radius 3 is 1.76 bits per heavy atom. The Kier molecular flexibility index (Phi) is 16.2. The summed E-state index contributed by atoms with van der Waals surface area (Å²) in [6.45, 7) is 11.2. The van der Waals surface area contributed by atoms with Gasteiger partial charge in [0.25, 0.3) is 0 Å². The molecule has 6 N–H and O–H groups in total. The van der Waals surface area contributed by atoms with Gasteiger partial charge in [0.15, 0.2) is 0 Å². The van der Waals surface area contributed by atoms with E-state index >= 15 is 0 Å². The van der Waals surface area contributed by atoms with E-state index in [1.165, 1.54) is 0 Å². The zero-order valence-electron chi connectivity index (χ0n) is 18.6. The Balaban J connectivity index is 3.41. The second kappa shape index (κ2) is 16.8. The number of nitrogens with one attached hydrogen (secondary N) is 2. The Morgan fingerprint density at radius 1 is 0.828 bits per heavy atom. The van der Waals surface area contributed by atoms with Crippen LogP contribution in [0.5, 0.6) is 0 Å². The Labute approximate surface area is 175 Å². The molecule has 1 amide bonds. The van der Waals surface area contributed by atoms with Crippen LogP contribution >= 0.6 is 0 Å². The lowest BCUT2D eigenvalue weighted by Crippen LogP contribution is -2.48. The van der Waals surface area contributed by atoms with Gasteiger partial charge in [-0.2, -0.15) is 0 Å². The molecule has 0 saturated heterocycles. The maximum absolute atomic E-state index is 11.4. The molecule has 29 heavy (non-hydrogen) atoms. The van der Waals surface area contributed by atoms with Crippen molar-refractivity contribution < 1.29 is 28.5 Å². The van der Waals surface area contributed by atoms with Crippen LogP contribution in [0, 0.1) is 5.41 Å². The van der Waals surface area contributed by atoms with Crippen LogP contribution < -0.4 is 22.1 Å². The van der Waals surface area contributed by atoms with Crippen molar-refractivity contribution in [2.45, 2.75) is 26.4 Å². The molecule has 0 aromatic rings. The van der Waals surface area contributed by atoms with E-state index in [1.807, 2.05) is 27.8 Å². The minimum absolute atomic E-state index is 0.236. The Morgan fingerprint density at radius 2 is 1.31 bits per heavy atom. The smallest absolute Gasteiger partial charge is 0.407 e. The summed E-state index contributed by atoms with van der Waals surface area (Å²) in [5.74, 6) is 0. The Hall–Kier alpha value is -1.01. The number of hydrogen-bond acceptors (Lipinski definition) is 9. The van der Waals surface area contributed by atoms with Crippen molar-refractivity contribution in [3.05, 3.63) is 0 Å². The third-order valence-electron chi connectivity index (χ3n) is 3.86. The van der Waals surface area contributed by atoms with Gasteiger partial charge in [0.05, 0.1) is 52.9 Å². The van der Waals surface area contributed by atoms with Crippen molar-refractivity contribution in [1.82, 2.24) is 10.6 Å². The molecule has 0 bridgehead atoms. The fraction of sp³-hybridized carbons (Fsp3) is 0.947. The number of carbonyl (C=O) groups is 1. The lowest BCUT2D eigenvalue weighted by Gasteiger charge is -2.30. The third-order valence-corrected chi connectivity index (χ3v) is 3.86. The average molecular weight is 423 g/mol. The molecule has 0 aromatic carbocycles. The zero-order chi connectivity index (χ0) is 22.0. The predicted molar refractivity (Wildman–Crippen MR) is 112 cm³/mol. The van der Waals surface area contributed by atoms with Gasteiger partial charge in [-0.05, 0) is 27.8 Å². The van der Waals surface area contributed by atoms with Crippen molar-refractivity contribution in [1.29, 1.82) is 0 Å². The minimum atomic E-state index is -0.501. The van der Waals surface area contributed by atoms with Crippen LogP contribution in [-0.2, 0) is 23.7 Å². The monoisotopic (exact) mass is 422 g/mol. The van der Waals surface area contributed by atoms with Crippen molar-refractivity contribution in [3.63, 3.8) is 0 Å². The molecule has 174 valence electrons. The number of carbonyl (C=O) groups excluding carboxylic acids is 1. The van der Waals surface area contributed by atoms with E-state index < -0.39 is 11.7 Å². The molecule has 0 fully saturated rings. The quantitative estimate of drug-likeness (QED) is 0.219. The highest BCUT2D eigenvalue weighted by Crippen LogP contribution is 2.12. The molecule has 0 unspecified atom stereocenters. The van der Waals surface area contributed by atoms with E-state index in [0.717, 1.165) is 0 Å². The van der Waals surface area contributed by atoms with Crippen molar-refractivity contribution in [2.24, 2.45) is 16.9 Å². The molecular weight excluding hydrogens is 380 g/mol. The predicted octanol–water partition coefficient (Wildman–Crippen LogP) is -0.299. The second-order valence-electron chi connectivity index (χ2n) is 7.76. The summed E-state index contributed by atoms with van der Waals surface area (Å²) in [4.78, 5) is 11.4. The van der Waals surface area contributed by atoms with Gasteiger partial charge >= 0.3 is 6.09 Å². The fourth-order valence-electron chi connectivity index (χ4n) is 2.26. The first-order chi connectivity index (χ1) is 13.8. The van der Waals surface area contributed by atoms with Gasteiger partial charge in [-0.1, -0.05) is 0 Å². The number of hydrogen-bond donors (Lipinski definition) is 4. The van der Waals surface area contributed by atoms with Gasteiger partial charge in [0.1, 0.15) is 5.60 Å². The fourth-order valence-corrected chi connectivity index (χ4v) is 2.26. The number of rotatable bonds is 18. The first-order valence-corrected chi connectivity index (χ1v) is 10.1. The van der Waals surface area contributed by atoms with Crippen LogP contribution in [0.2, 0.25) is 0 Å². The topological polar surface area (TPSA) is 139 Å². The molecule has 0 aliphatic rings. The highest BCUT2D eigenvalue weighted by atomic mass is 16.6. The van der Waals surface area contributed by atoms with Gasteiger partial charge in [-0.3, -0.25) is 0 Å². The van der Waals surface area contributed by atoms with Crippen LogP contribution in [0.15, 0.2) is 0 Å². The lowest BCUT2D eigenvalue weighted by molar-refractivity contribution is -0.0146. The van der Waals surface area contributed by atoms with Crippen molar-refractivity contribution >= 4 is 6.09 Å². The van der Waals surface area contributed by atoms with Gasteiger partial charge < -0.3 is 45.8 Å². The molecule has 0 atom stereocenters. The summed E-state index contributed by atoms with van der Waals surface area (Å²) in [7, 11) is 1.87. The van der Waals surface area contributed by atoms with Crippen LogP contribution in [0.25, 0.3) is 0 Å². The maximum Gasteiger partial charge on any atom is 0.407 e. The molecule has 0 heterocycles. The molecule has 10 heteroatoms. The molecular formula is C19H42N4O6. The summed E-state index contributed by atoms with van der Waals surface area (Å²) < 4.78 is 27.0. The summed E-state index contributed by atoms with van der Waals surface area (Å²) in [6, 6.07) is 0. The molecule has 0 rings (SSSR count). The summed E-state index contributed by atoms with van der Waals surface area (Å²) in [5.41, 5.74) is 10.9. The van der Waals surface area contributed by atoms with Crippen LogP contribution in [0.4, 0.5) is 4.79 Å². The van der Waals surface area contributed by atoms with Gasteiger partial charge in [-0.25, -0.2) is 4.79 Å². The number of alkyl carbamates (subject to hydrolysis) is 1. The highest BCUT2D eigenvalue weighted by molar-refractivity contribution is 5.67. The van der Waals surface area contributed by atoms with Gasteiger partial charge in [-0.15, -0.1) is 0 Å². The normalized spacial score (nSPS) is 12.2. The Bertz CT molecular complexity index is 403. The minimum Gasteiger partial charge on any atom is -0.444 e. The van der Waals surface area contributed by atoms with Gasteiger partial charge in [0, 0.05) is 31.6 Å². The van der Waals surface area contributed by atoms with Crippen molar-refractivity contribution in [2.75, 3.05) is 86.1 Å². The molecule has 0 aliphatic carbocycles. The SMILES string of the molecule is CNCC(CN)(CN)COCCOCCOCCOCCNC(=O)OC(C)(C)C. The summed E-state index contributed by atoms with van der Waals surface area (Å²) in [6.07, 6.45) is -0.447. The molecule has 0 aromatic heterocycles. The largest absolute Gasteiger partial charge is 0.444 e. The lowest BCUT2D eigenvalue weighted by atomic mass is 9.89. The number of nitrogens with two attached hydrogens (primary N) is 2. The van der Waals surface area contributed by atoms with E-state index in [9.17, 15) is 4.79 Å². The van der Waals surface area contributed by atoms with E-state index in [2.05, 4.69) is 10.6 Å². The first kappa shape index (κ1) is 28.0. The summed E-state index contributed by atoms with van der Waals surface area (Å²) in [5, 5.41) is 5.72. The van der Waals surface area contributed by atoms with E-state index in [4.69, 9.17) is 35.2 Å². The van der Waals surface area contributed by atoms with Crippen LogP contribution in [-0.4, -0.2) is 97.8 Å². The second-order valence-corrected chi connectivity index (χ2v) is 7.76. The van der Waals surface area contributed by atoms with E-state index in [-0.39, 0.29) is 5.41 Å². The maximum atomic E-state index is 11.4. The molecule has 10 nitrogen and oxygen atoms in total. The zero-order valence-corrected chi connectivity index (χ0v) is 18.6. The molecule has 0 radical (unpaired) electrons. The summed E-state index contributed by atoms with van der Waals surface area (Å²) >= 11 is 0. The highest BCUT2D eigenvalue weighted by Gasteiger charge is 2.26. The number of amides is 1. The molecule has 0 spiro atoms. The standard InChI is InChI=1S/C19H42N4O6/c1-18(2,3)29-17(24)23-5-6-25-7-8-26-9-10-27-11-12-28-16-19(13-20,14-21)15-22-4/h22H,5-16,20-21H2,1-4H3,(H,23,24). The van der Waals surface area contributed by atoms with E-state index in [0.29, 0.717) is 79.0 Å². The molecule has 0 saturated carbocycles. The van der Waals surface area contributed by atoms with E-state index in [1.54, 1.807) is 0 Å².